The number of fused-ring (bicyclic) bond motifs is 1. The Morgan fingerprint density at radius 2 is 1.52 bits per heavy atom. The Morgan fingerprint density at radius 1 is 0.774 bits per heavy atom. The molecule has 0 atom stereocenters. The average molecular weight is 428 g/mol. The molecular formula is C24H18ClN5O. The van der Waals surface area contributed by atoms with Gasteiger partial charge >= 0.3 is 0 Å². The van der Waals surface area contributed by atoms with Gasteiger partial charge in [-0.3, -0.25) is 0 Å². The number of para-hydroxylation sites is 1. The van der Waals surface area contributed by atoms with Gasteiger partial charge in [0.2, 0.25) is 11.7 Å². The van der Waals surface area contributed by atoms with Crippen molar-refractivity contribution in [3.63, 3.8) is 0 Å². The number of halogens is 1. The van der Waals surface area contributed by atoms with Gasteiger partial charge in [-0.2, -0.15) is 0 Å². The van der Waals surface area contributed by atoms with Crippen molar-refractivity contribution < 1.29 is 4.42 Å². The zero-order valence-corrected chi connectivity index (χ0v) is 17.3. The molecule has 0 bridgehead atoms. The van der Waals surface area contributed by atoms with Crippen LogP contribution in [0.15, 0.2) is 83.3 Å². The first-order valence-electron chi connectivity index (χ1n) is 9.91. The molecular weight excluding hydrogens is 410 g/mol. The van der Waals surface area contributed by atoms with Gasteiger partial charge < -0.3 is 9.73 Å². The van der Waals surface area contributed by atoms with Gasteiger partial charge in [0.05, 0.1) is 5.52 Å². The van der Waals surface area contributed by atoms with E-state index in [1.807, 2.05) is 78.9 Å². The van der Waals surface area contributed by atoms with Crippen molar-refractivity contribution >= 4 is 28.3 Å². The summed E-state index contributed by atoms with van der Waals surface area (Å²) in [6.07, 6.45) is 0.770. The number of rotatable bonds is 6. The zero-order chi connectivity index (χ0) is 21.0. The minimum atomic E-state index is 0.277. The standard InChI is InChI=1S/C24H18ClN5O/c25-19-12-6-4-8-16(19)14-15-26-21-18-11-5-7-13-20(18)27-22(28-21)24-30-29-23(31-24)17-9-2-1-3-10-17/h1-13H,14-15H2,(H,26,27,28). The van der Waals surface area contributed by atoms with Gasteiger partial charge in [0.25, 0.3) is 5.89 Å². The van der Waals surface area contributed by atoms with Crippen molar-refractivity contribution in [2.45, 2.75) is 6.42 Å². The van der Waals surface area contributed by atoms with Gasteiger partial charge in [-0.25, -0.2) is 9.97 Å². The summed E-state index contributed by atoms with van der Waals surface area (Å²) in [7, 11) is 0. The number of hydrogen-bond donors (Lipinski definition) is 1. The van der Waals surface area contributed by atoms with Crippen LogP contribution in [-0.2, 0) is 6.42 Å². The minimum Gasteiger partial charge on any atom is -0.413 e. The third kappa shape index (κ3) is 4.11. The second-order valence-electron chi connectivity index (χ2n) is 6.96. The van der Waals surface area contributed by atoms with Gasteiger partial charge in [0.1, 0.15) is 5.82 Å². The lowest BCUT2D eigenvalue weighted by molar-refractivity contribution is 0.579. The SMILES string of the molecule is Clc1ccccc1CCNc1nc(-c2nnc(-c3ccccc3)o2)nc2ccccc12. The van der Waals surface area contributed by atoms with Crippen LogP contribution in [0.2, 0.25) is 5.02 Å². The third-order valence-electron chi connectivity index (χ3n) is 4.88. The van der Waals surface area contributed by atoms with Crippen molar-refractivity contribution in [1.82, 2.24) is 20.2 Å². The summed E-state index contributed by atoms with van der Waals surface area (Å²) in [5, 5.41) is 13.4. The minimum absolute atomic E-state index is 0.277. The van der Waals surface area contributed by atoms with E-state index in [1.165, 1.54) is 0 Å². The van der Waals surface area contributed by atoms with Crippen LogP contribution in [0, 0.1) is 0 Å². The highest BCUT2D eigenvalue weighted by molar-refractivity contribution is 6.31. The summed E-state index contributed by atoms with van der Waals surface area (Å²) in [5.74, 6) is 1.81. The van der Waals surface area contributed by atoms with Crippen LogP contribution < -0.4 is 5.32 Å². The maximum absolute atomic E-state index is 6.28. The highest BCUT2D eigenvalue weighted by Gasteiger charge is 2.16. The van der Waals surface area contributed by atoms with Crippen LogP contribution in [0.4, 0.5) is 5.82 Å². The van der Waals surface area contributed by atoms with Gasteiger partial charge in [-0.1, -0.05) is 60.1 Å². The number of nitrogens with one attached hydrogen (secondary N) is 1. The number of benzene rings is 3. The fourth-order valence-electron chi connectivity index (χ4n) is 3.33. The zero-order valence-electron chi connectivity index (χ0n) is 16.5. The molecule has 3 aromatic carbocycles. The monoisotopic (exact) mass is 427 g/mol. The molecule has 0 spiro atoms. The highest BCUT2D eigenvalue weighted by atomic mass is 35.5. The Labute approximate surface area is 184 Å². The fraction of sp³-hybridized carbons (Fsp3) is 0.0833. The van der Waals surface area contributed by atoms with Gasteiger partial charge in [-0.05, 0) is 42.3 Å². The van der Waals surface area contributed by atoms with Crippen molar-refractivity contribution in [3.05, 3.63) is 89.4 Å². The molecule has 0 fully saturated rings. The van der Waals surface area contributed by atoms with Gasteiger partial charge in [0.15, 0.2) is 0 Å². The molecule has 2 aromatic heterocycles. The van der Waals surface area contributed by atoms with E-state index in [0.717, 1.165) is 33.5 Å². The molecule has 1 N–H and O–H groups in total. The normalized spacial score (nSPS) is 11.0. The van der Waals surface area contributed by atoms with Crippen LogP contribution >= 0.6 is 11.6 Å². The largest absolute Gasteiger partial charge is 0.413 e. The Morgan fingerprint density at radius 3 is 2.39 bits per heavy atom. The first-order valence-corrected chi connectivity index (χ1v) is 10.3. The van der Waals surface area contributed by atoms with E-state index >= 15 is 0 Å². The first kappa shape index (κ1) is 19.2. The van der Waals surface area contributed by atoms with E-state index in [-0.39, 0.29) is 5.89 Å². The molecule has 31 heavy (non-hydrogen) atoms. The quantitative estimate of drug-likeness (QED) is 0.377. The predicted octanol–water partition coefficient (Wildman–Crippen LogP) is 5.65. The topological polar surface area (TPSA) is 76.7 Å². The van der Waals surface area contributed by atoms with Crippen LogP contribution in [0.3, 0.4) is 0 Å². The van der Waals surface area contributed by atoms with Crippen molar-refractivity contribution in [1.29, 1.82) is 0 Å². The molecule has 0 aliphatic rings. The predicted molar refractivity (Wildman–Crippen MR) is 122 cm³/mol. The highest BCUT2D eigenvalue weighted by Crippen LogP contribution is 2.26. The van der Waals surface area contributed by atoms with Crippen LogP contribution in [0.25, 0.3) is 34.1 Å². The summed E-state index contributed by atoms with van der Waals surface area (Å²) < 4.78 is 5.86. The molecule has 0 saturated carbocycles. The molecule has 0 saturated heterocycles. The van der Waals surface area contributed by atoms with E-state index in [0.29, 0.717) is 24.1 Å². The van der Waals surface area contributed by atoms with E-state index in [9.17, 15) is 0 Å². The van der Waals surface area contributed by atoms with E-state index < -0.39 is 0 Å². The van der Waals surface area contributed by atoms with E-state index in [4.69, 9.17) is 16.0 Å². The lowest BCUT2D eigenvalue weighted by Gasteiger charge is -2.10. The van der Waals surface area contributed by atoms with Gasteiger partial charge in [0, 0.05) is 22.5 Å². The Hall–Kier alpha value is -3.77. The summed E-state index contributed by atoms with van der Waals surface area (Å²) in [4.78, 5) is 9.31. The van der Waals surface area contributed by atoms with Crippen molar-refractivity contribution in [2.24, 2.45) is 0 Å². The maximum atomic E-state index is 6.28. The molecule has 0 aliphatic heterocycles. The Kier molecular flexibility index (Phi) is 5.29. The lowest BCUT2D eigenvalue weighted by atomic mass is 10.1. The molecule has 0 unspecified atom stereocenters. The maximum Gasteiger partial charge on any atom is 0.286 e. The second-order valence-corrected chi connectivity index (χ2v) is 7.37. The Balaban J connectivity index is 1.45. The van der Waals surface area contributed by atoms with Crippen LogP contribution in [0.1, 0.15) is 5.56 Å². The van der Waals surface area contributed by atoms with Crippen molar-refractivity contribution in [3.8, 4) is 23.2 Å². The average Bonchev–Trinajstić information content (AvgIpc) is 3.31. The molecule has 6 nitrogen and oxygen atoms in total. The number of nitrogens with zero attached hydrogens (tertiary/aromatic N) is 4. The summed E-state index contributed by atoms with van der Waals surface area (Å²) in [5.41, 5.74) is 2.73. The third-order valence-corrected chi connectivity index (χ3v) is 5.25. The van der Waals surface area contributed by atoms with Crippen molar-refractivity contribution in [2.75, 3.05) is 11.9 Å². The summed E-state index contributed by atoms with van der Waals surface area (Å²) >= 11 is 6.28. The lowest BCUT2D eigenvalue weighted by Crippen LogP contribution is -2.08. The Bertz CT molecular complexity index is 1340. The summed E-state index contributed by atoms with van der Waals surface area (Å²) in [6, 6.07) is 25.3. The molecule has 152 valence electrons. The molecule has 0 aliphatic carbocycles. The molecule has 2 heterocycles. The van der Waals surface area contributed by atoms with Crippen LogP contribution in [-0.4, -0.2) is 26.7 Å². The molecule has 5 aromatic rings. The number of hydrogen-bond acceptors (Lipinski definition) is 6. The smallest absolute Gasteiger partial charge is 0.286 e. The van der Waals surface area contributed by atoms with E-state index in [2.05, 4.69) is 25.5 Å². The fourth-order valence-corrected chi connectivity index (χ4v) is 3.56. The molecule has 0 amide bonds. The number of anilines is 1. The van der Waals surface area contributed by atoms with E-state index in [1.54, 1.807) is 0 Å². The first-order chi connectivity index (χ1) is 15.3. The molecule has 0 radical (unpaired) electrons. The molecule has 5 rings (SSSR count). The van der Waals surface area contributed by atoms with Gasteiger partial charge in [-0.15, -0.1) is 10.2 Å². The second kappa shape index (κ2) is 8.53. The van der Waals surface area contributed by atoms with Crippen LogP contribution in [0.5, 0.6) is 0 Å². The number of aromatic nitrogens is 4. The summed E-state index contributed by atoms with van der Waals surface area (Å²) in [6.45, 7) is 0.670. The molecule has 7 heteroatoms.